The molecule has 0 N–H and O–H groups in total. The van der Waals surface area contributed by atoms with E-state index in [1.165, 1.54) is 0 Å². The van der Waals surface area contributed by atoms with Crippen LogP contribution in [0.1, 0.15) is 0 Å². The fourth-order valence-corrected chi connectivity index (χ4v) is 6.30. The first-order valence-electron chi connectivity index (χ1n) is 15.7. The Bertz CT molecular complexity index is 2630. The molecule has 0 aliphatic heterocycles. The van der Waals surface area contributed by atoms with Crippen molar-refractivity contribution in [1.82, 2.24) is 28.9 Å². The summed E-state index contributed by atoms with van der Waals surface area (Å²) in [5.74, 6) is 1.67. The van der Waals surface area contributed by atoms with Crippen molar-refractivity contribution in [2.75, 3.05) is 0 Å². The van der Waals surface area contributed by atoms with Crippen LogP contribution in [-0.2, 0) is 0 Å². The van der Waals surface area contributed by atoms with Crippen LogP contribution in [0.2, 0.25) is 0 Å². The minimum absolute atomic E-state index is 0.214. The van der Waals surface area contributed by atoms with Crippen LogP contribution < -0.4 is 5.56 Å². The Morgan fingerprint density at radius 2 is 0.958 bits per heavy atom. The van der Waals surface area contributed by atoms with Gasteiger partial charge in [0.25, 0.3) is 5.56 Å². The zero-order valence-corrected chi connectivity index (χ0v) is 25.6. The fourth-order valence-electron chi connectivity index (χ4n) is 6.30. The summed E-state index contributed by atoms with van der Waals surface area (Å²) in [4.78, 5) is 33.9. The molecule has 0 unspecified atom stereocenters. The highest BCUT2D eigenvalue weighted by Gasteiger charge is 2.19. The highest BCUT2D eigenvalue weighted by Crippen LogP contribution is 2.30. The summed E-state index contributed by atoms with van der Waals surface area (Å²) in [6.45, 7) is 0. The summed E-state index contributed by atoms with van der Waals surface area (Å²) in [6.07, 6.45) is 0. The van der Waals surface area contributed by atoms with Crippen LogP contribution in [0.25, 0.3) is 78.7 Å². The molecule has 0 bridgehead atoms. The normalized spacial score (nSPS) is 11.4. The second-order valence-electron chi connectivity index (χ2n) is 11.6. The summed E-state index contributed by atoms with van der Waals surface area (Å²) in [5.41, 5.74) is 8.80. The number of rotatable bonds is 5. The quantitative estimate of drug-likeness (QED) is 0.193. The molecule has 0 spiro atoms. The summed E-state index contributed by atoms with van der Waals surface area (Å²) < 4.78 is 3.72. The van der Waals surface area contributed by atoms with Gasteiger partial charge in [-0.2, -0.15) is 0 Å². The van der Waals surface area contributed by atoms with Gasteiger partial charge in [-0.25, -0.2) is 19.9 Å². The number of benzene rings is 6. The molecule has 3 aromatic heterocycles. The van der Waals surface area contributed by atoms with Gasteiger partial charge in [-0.1, -0.05) is 121 Å². The number of fused-ring (bicyclic) bond motifs is 5. The predicted octanol–water partition coefficient (Wildman–Crippen LogP) is 8.64. The Morgan fingerprint density at radius 3 is 1.62 bits per heavy atom. The van der Waals surface area contributed by atoms with Gasteiger partial charge >= 0.3 is 0 Å². The minimum atomic E-state index is -0.214. The van der Waals surface area contributed by atoms with E-state index in [0.717, 1.165) is 49.9 Å². The van der Waals surface area contributed by atoms with Crippen molar-refractivity contribution in [2.24, 2.45) is 0 Å². The zero-order chi connectivity index (χ0) is 32.0. The second-order valence-corrected chi connectivity index (χ2v) is 11.6. The molecule has 0 amide bonds. The Hall–Kier alpha value is -6.73. The van der Waals surface area contributed by atoms with Crippen molar-refractivity contribution in [3.05, 3.63) is 168 Å². The topological polar surface area (TPSA) is 78.0 Å². The number of hydrogen-bond donors (Lipinski definition) is 0. The van der Waals surface area contributed by atoms with Crippen molar-refractivity contribution in [3.8, 4) is 51.0 Å². The molecule has 0 radical (unpaired) electrons. The second kappa shape index (κ2) is 11.3. The van der Waals surface area contributed by atoms with Gasteiger partial charge in [0.2, 0.25) is 5.65 Å². The van der Waals surface area contributed by atoms with Crippen molar-refractivity contribution in [3.63, 3.8) is 0 Å². The van der Waals surface area contributed by atoms with E-state index in [1.807, 2.05) is 138 Å². The Morgan fingerprint density at radius 1 is 0.396 bits per heavy atom. The number of hydrogen-bond acceptors (Lipinski definition) is 5. The average Bonchev–Trinajstić information content (AvgIpc) is 3.56. The highest BCUT2D eigenvalue weighted by atomic mass is 16.1. The van der Waals surface area contributed by atoms with Gasteiger partial charge in [0.1, 0.15) is 0 Å². The first-order chi connectivity index (χ1) is 23.7. The van der Waals surface area contributed by atoms with Crippen LogP contribution in [0.4, 0.5) is 0 Å². The van der Waals surface area contributed by atoms with Crippen molar-refractivity contribution in [1.29, 1.82) is 0 Å². The average molecular weight is 619 g/mol. The number of imidazole rings is 1. The lowest BCUT2D eigenvalue weighted by atomic mass is 10.0. The maximum atomic E-state index is 14.4. The van der Waals surface area contributed by atoms with E-state index in [0.29, 0.717) is 28.8 Å². The first kappa shape index (κ1) is 27.6. The molecule has 0 saturated heterocycles. The summed E-state index contributed by atoms with van der Waals surface area (Å²) in [5, 5.41) is 0. The summed E-state index contributed by atoms with van der Waals surface area (Å²) in [7, 11) is 0. The molecule has 0 fully saturated rings. The predicted molar refractivity (Wildman–Crippen MR) is 191 cm³/mol. The van der Waals surface area contributed by atoms with E-state index in [-0.39, 0.29) is 5.56 Å². The highest BCUT2D eigenvalue weighted by molar-refractivity contribution is 5.92. The summed E-state index contributed by atoms with van der Waals surface area (Å²) in [6, 6.07) is 51.9. The van der Waals surface area contributed by atoms with Gasteiger partial charge < -0.3 is 0 Å². The van der Waals surface area contributed by atoms with Crippen LogP contribution in [0, 0.1) is 0 Å². The SMILES string of the molecule is O=c1c2nc3ccccc3n2c2cc(-c3ccccc3)ccc2n1-c1cccc(-c2nc(-c3ccccc3)nc(-c3ccccc3)n2)c1. The van der Waals surface area contributed by atoms with E-state index in [2.05, 4.69) is 24.3 Å². The lowest BCUT2D eigenvalue weighted by Crippen LogP contribution is -2.22. The number of nitrogens with zero attached hydrogens (tertiary/aromatic N) is 6. The largest absolute Gasteiger partial charge is 0.299 e. The zero-order valence-electron chi connectivity index (χ0n) is 25.6. The van der Waals surface area contributed by atoms with Gasteiger partial charge in [0.15, 0.2) is 17.5 Å². The molecular formula is C41H26N6O. The molecule has 3 heterocycles. The molecule has 0 atom stereocenters. The Labute approximate surface area is 275 Å². The maximum absolute atomic E-state index is 14.4. The monoisotopic (exact) mass is 618 g/mol. The van der Waals surface area contributed by atoms with E-state index < -0.39 is 0 Å². The van der Waals surface area contributed by atoms with Crippen molar-refractivity contribution >= 4 is 27.7 Å². The van der Waals surface area contributed by atoms with Crippen LogP contribution in [0.3, 0.4) is 0 Å². The third kappa shape index (κ3) is 4.65. The van der Waals surface area contributed by atoms with Crippen LogP contribution in [0.15, 0.2) is 163 Å². The molecule has 9 aromatic rings. The molecular weight excluding hydrogens is 592 g/mol. The fraction of sp³-hybridized carbons (Fsp3) is 0. The lowest BCUT2D eigenvalue weighted by Gasteiger charge is -2.15. The number of para-hydroxylation sites is 2. The lowest BCUT2D eigenvalue weighted by molar-refractivity contribution is 1.02. The van der Waals surface area contributed by atoms with E-state index in [4.69, 9.17) is 19.9 Å². The molecule has 0 saturated carbocycles. The Kier molecular flexibility index (Phi) is 6.47. The van der Waals surface area contributed by atoms with Crippen molar-refractivity contribution in [2.45, 2.75) is 0 Å². The minimum Gasteiger partial charge on any atom is -0.286 e. The molecule has 6 aromatic carbocycles. The van der Waals surface area contributed by atoms with Crippen molar-refractivity contribution < 1.29 is 0 Å². The van der Waals surface area contributed by atoms with Gasteiger partial charge in [-0.05, 0) is 47.5 Å². The molecule has 48 heavy (non-hydrogen) atoms. The van der Waals surface area contributed by atoms with E-state index in [9.17, 15) is 4.79 Å². The van der Waals surface area contributed by atoms with E-state index >= 15 is 0 Å². The molecule has 0 aliphatic carbocycles. The van der Waals surface area contributed by atoms with Crippen LogP contribution in [0.5, 0.6) is 0 Å². The number of aromatic nitrogens is 6. The molecule has 7 nitrogen and oxygen atoms in total. The maximum Gasteiger partial charge on any atom is 0.299 e. The molecule has 226 valence electrons. The summed E-state index contributed by atoms with van der Waals surface area (Å²) >= 11 is 0. The third-order valence-electron chi connectivity index (χ3n) is 8.58. The standard InChI is InChI=1S/C41H26N6O/c48-41-40-42-33-21-10-11-22-34(33)47(40)36-26-30(27-13-4-1-5-14-27)23-24-35(36)46(41)32-20-12-19-31(25-32)39-44-37(28-15-6-2-7-16-28)43-38(45-39)29-17-8-3-9-18-29/h1-26H. The molecule has 7 heteroatoms. The van der Waals surface area contributed by atoms with Gasteiger partial charge in [0, 0.05) is 16.7 Å². The smallest absolute Gasteiger partial charge is 0.286 e. The Balaban J connectivity index is 1.28. The third-order valence-corrected chi connectivity index (χ3v) is 8.58. The van der Waals surface area contributed by atoms with Crippen LogP contribution >= 0.6 is 0 Å². The van der Waals surface area contributed by atoms with Gasteiger partial charge in [0.05, 0.1) is 27.8 Å². The first-order valence-corrected chi connectivity index (χ1v) is 15.7. The molecule has 0 aliphatic rings. The van der Waals surface area contributed by atoms with Gasteiger partial charge in [-0.3, -0.25) is 13.8 Å². The molecule has 9 rings (SSSR count). The van der Waals surface area contributed by atoms with Crippen LogP contribution in [-0.4, -0.2) is 28.9 Å². The van der Waals surface area contributed by atoms with E-state index in [1.54, 1.807) is 4.57 Å². The van der Waals surface area contributed by atoms with Gasteiger partial charge in [-0.15, -0.1) is 0 Å².